The Hall–Kier alpha value is -3.64. The van der Waals surface area contributed by atoms with Crippen molar-refractivity contribution < 1.29 is 9.59 Å². The molecular formula is C23H19ClN4O2. The third kappa shape index (κ3) is 4.18. The van der Waals surface area contributed by atoms with Crippen LogP contribution in [0.15, 0.2) is 77.3 Å². The predicted molar refractivity (Wildman–Crippen MR) is 121 cm³/mol. The summed E-state index contributed by atoms with van der Waals surface area (Å²) in [7, 11) is 0. The number of allylic oxidation sites excluding steroid dienone is 2. The van der Waals surface area contributed by atoms with Gasteiger partial charge in [-0.25, -0.2) is 4.99 Å². The molecule has 0 radical (unpaired) electrons. The van der Waals surface area contributed by atoms with Gasteiger partial charge in [-0.1, -0.05) is 35.9 Å². The molecule has 30 heavy (non-hydrogen) atoms. The van der Waals surface area contributed by atoms with E-state index in [9.17, 15) is 9.59 Å². The molecule has 3 N–H and O–H groups in total. The fourth-order valence-electron chi connectivity index (χ4n) is 3.29. The lowest BCUT2D eigenvalue weighted by Crippen LogP contribution is -2.31. The van der Waals surface area contributed by atoms with Crippen molar-refractivity contribution in [2.45, 2.75) is 13.0 Å². The Balaban J connectivity index is 1.58. The first-order valence-corrected chi connectivity index (χ1v) is 9.75. The number of benzene rings is 2. The van der Waals surface area contributed by atoms with Crippen LogP contribution in [0.4, 0.5) is 11.4 Å². The highest BCUT2D eigenvalue weighted by Crippen LogP contribution is 2.33. The summed E-state index contributed by atoms with van der Waals surface area (Å²) in [5.41, 5.74) is 4.24. The van der Waals surface area contributed by atoms with Crippen molar-refractivity contribution in [2.24, 2.45) is 4.99 Å². The van der Waals surface area contributed by atoms with Crippen LogP contribution in [0.3, 0.4) is 0 Å². The molecular weight excluding hydrogens is 400 g/mol. The van der Waals surface area contributed by atoms with Gasteiger partial charge in [0.2, 0.25) is 5.91 Å². The molecule has 0 bridgehead atoms. The van der Waals surface area contributed by atoms with E-state index >= 15 is 0 Å². The number of anilines is 2. The number of amides is 2. The van der Waals surface area contributed by atoms with E-state index in [-0.39, 0.29) is 17.9 Å². The van der Waals surface area contributed by atoms with Crippen molar-refractivity contribution in [2.75, 3.05) is 10.6 Å². The molecule has 1 unspecified atom stereocenters. The first-order chi connectivity index (χ1) is 14.5. The van der Waals surface area contributed by atoms with Gasteiger partial charge in [0.1, 0.15) is 0 Å². The number of rotatable bonds is 4. The largest absolute Gasteiger partial charge is 0.366 e. The number of nitrogens with zero attached hydrogens (tertiary/aromatic N) is 1. The van der Waals surface area contributed by atoms with Gasteiger partial charge in [0.15, 0.2) is 0 Å². The Labute approximate surface area is 179 Å². The number of hydrogen-bond donors (Lipinski definition) is 3. The van der Waals surface area contributed by atoms with Crippen molar-refractivity contribution in [1.29, 1.82) is 0 Å². The van der Waals surface area contributed by atoms with E-state index in [1.165, 1.54) is 6.92 Å². The third-order valence-electron chi connectivity index (χ3n) is 4.69. The molecule has 1 heterocycles. The number of carbonyl (C=O) groups is 2. The highest BCUT2D eigenvalue weighted by molar-refractivity contribution is 6.32. The second kappa shape index (κ2) is 8.39. The minimum absolute atomic E-state index is 0.0407. The van der Waals surface area contributed by atoms with Crippen LogP contribution >= 0.6 is 11.6 Å². The van der Waals surface area contributed by atoms with Crippen LogP contribution in [0.2, 0.25) is 5.02 Å². The molecule has 1 aliphatic carbocycles. The van der Waals surface area contributed by atoms with E-state index in [1.54, 1.807) is 42.7 Å². The molecule has 6 nitrogen and oxygen atoms in total. The number of carbonyl (C=O) groups excluding carboxylic acids is 2. The van der Waals surface area contributed by atoms with Gasteiger partial charge in [-0.3, -0.25) is 9.59 Å². The Kier molecular flexibility index (Phi) is 5.50. The van der Waals surface area contributed by atoms with E-state index in [0.717, 1.165) is 16.8 Å². The Morgan fingerprint density at radius 3 is 2.57 bits per heavy atom. The summed E-state index contributed by atoms with van der Waals surface area (Å²) in [5.74, 6) is -0.426. The molecule has 1 atom stereocenters. The van der Waals surface area contributed by atoms with Crippen LogP contribution in [0.25, 0.3) is 5.70 Å². The van der Waals surface area contributed by atoms with Gasteiger partial charge in [-0.15, -0.1) is 0 Å². The molecule has 7 heteroatoms. The first kappa shape index (κ1) is 19.7. The number of aliphatic imine (C=N–C) groups is 1. The molecule has 2 aliphatic rings. The average Bonchev–Trinajstić information content (AvgIpc) is 2.75. The maximum Gasteiger partial charge on any atom is 0.255 e. The highest BCUT2D eigenvalue weighted by Gasteiger charge is 2.21. The van der Waals surface area contributed by atoms with E-state index in [1.807, 2.05) is 30.4 Å². The summed E-state index contributed by atoms with van der Waals surface area (Å²) < 4.78 is 0. The second-order valence-electron chi connectivity index (χ2n) is 6.86. The molecule has 1 aliphatic heterocycles. The third-order valence-corrected chi connectivity index (χ3v) is 5.02. The Bertz CT molecular complexity index is 1130. The molecule has 2 amide bonds. The molecule has 0 fully saturated rings. The van der Waals surface area contributed by atoms with Crippen LogP contribution in [0.1, 0.15) is 22.8 Å². The van der Waals surface area contributed by atoms with Gasteiger partial charge in [-0.05, 0) is 42.5 Å². The number of nitrogens with one attached hydrogen (secondary N) is 3. The second-order valence-corrected chi connectivity index (χ2v) is 7.26. The lowest BCUT2D eigenvalue weighted by molar-refractivity contribution is -0.114. The van der Waals surface area contributed by atoms with Crippen molar-refractivity contribution in [3.63, 3.8) is 0 Å². The topological polar surface area (TPSA) is 82.6 Å². The summed E-state index contributed by atoms with van der Waals surface area (Å²) in [6.07, 6.45) is 9.64. The van der Waals surface area contributed by atoms with E-state index in [2.05, 4.69) is 20.9 Å². The minimum atomic E-state index is -0.262. The SMILES string of the molecule is CC(=O)Nc1ccc(C(=O)Nc2ccc(Cl)c(C3=C4C=CC=CC4NC=N3)c2)cc1. The summed E-state index contributed by atoms with van der Waals surface area (Å²) in [6.45, 7) is 1.43. The molecule has 0 spiro atoms. The molecule has 0 saturated heterocycles. The molecule has 4 rings (SSSR count). The van der Waals surface area contributed by atoms with E-state index in [4.69, 9.17) is 11.6 Å². The van der Waals surface area contributed by atoms with Gasteiger partial charge in [0, 0.05) is 35.0 Å². The normalized spacial score (nSPS) is 16.7. The van der Waals surface area contributed by atoms with Gasteiger partial charge < -0.3 is 16.0 Å². The number of fused-ring (bicyclic) bond motifs is 1. The van der Waals surface area contributed by atoms with E-state index < -0.39 is 0 Å². The van der Waals surface area contributed by atoms with Crippen molar-refractivity contribution in [3.05, 3.63) is 88.5 Å². The fourth-order valence-corrected chi connectivity index (χ4v) is 3.50. The highest BCUT2D eigenvalue weighted by atomic mass is 35.5. The zero-order valence-corrected chi connectivity index (χ0v) is 16.9. The molecule has 150 valence electrons. The average molecular weight is 419 g/mol. The predicted octanol–water partition coefficient (Wildman–Crippen LogP) is 4.39. The fraction of sp³-hybridized carbons (Fsp3) is 0.0870. The summed E-state index contributed by atoms with van der Waals surface area (Å²) in [6, 6.07) is 12.0. The van der Waals surface area contributed by atoms with Crippen LogP contribution in [0, 0.1) is 0 Å². The summed E-state index contributed by atoms with van der Waals surface area (Å²) in [4.78, 5) is 28.3. The van der Waals surface area contributed by atoms with Crippen LogP contribution in [-0.4, -0.2) is 24.2 Å². The Morgan fingerprint density at radius 1 is 1.03 bits per heavy atom. The van der Waals surface area contributed by atoms with Crippen LogP contribution < -0.4 is 16.0 Å². The standard InChI is InChI=1S/C23H19ClN4O2/c1-14(29)27-16-8-6-15(7-9-16)23(30)28-17-10-11-20(24)19(12-17)22-18-4-2-3-5-21(18)25-13-26-22/h2-13,21H,1H3,(H,25,26)(H,27,29)(H,28,30). The quantitative estimate of drug-likeness (QED) is 0.688. The van der Waals surface area contributed by atoms with E-state index in [0.29, 0.717) is 22.0 Å². The smallest absolute Gasteiger partial charge is 0.255 e. The van der Waals surface area contributed by atoms with Crippen molar-refractivity contribution in [3.8, 4) is 0 Å². The zero-order valence-electron chi connectivity index (χ0n) is 16.1. The lowest BCUT2D eigenvalue weighted by Gasteiger charge is -2.24. The van der Waals surface area contributed by atoms with Gasteiger partial charge >= 0.3 is 0 Å². The van der Waals surface area contributed by atoms with Crippen LogP contribution in [-0.2, 0) is 4.79 Å². The van der Waals surface area contributed by atoms with Crippen molar-refractivity contribution >= 4 is 46.8 Å². The lowest BCUT2D eigenvalue weighted by atomic mass is 9.95. The Morgan fingerprint density at radius 2 is 1.80 bits per heavy atom. The zero-order chi connectivity index (χ0) is 21.1. The van der Waals surface area contributed by atoms with Gasteiger partial charge in [0.25, 0.3) is 5.91 Å². The summed E-state index contributed by atoms with van der Waals surface area (Å²) >= 11 is 6.46. The first-order valence-electron chi connectivity index (χ1n) is 9.38. The molecule has 0 saturated carbocycles. The molecule has 0 aromatic heterocycles. The number of halogens is 1. The maximum atomic E-state index is 12.6. The van der Waals surface area contributed by atoms with Crippen molar-refractivity contribution in [1.82, 2.24) is 5.32 Å². The monoisotopic (exact) mass is 418 g/mol. The molecule has 2 aromatic rings. The maximum absolute atomic E-state index is 12.6. The van der Waals surface area contributed by atoms with Gasteiger partial charge in [0.05, 0.1) is 23.1 Å². The van der Waals surface area contributed by atoms with Gasteiger partial charge in [-0.2, -0.15) is 0 Å². The molecule has 2 aromatic carbocycles. The minimum Gasteiger partial charge on any atom is -0.366 e. The van der Waals surface area contributed by atoms with Crippen LogP contribution in [0.5, 0.6) is 0 Å². The summed E-state index contributed by atoms with van der Waals surface area (Å²) in [5, 5.41) is 9.31. The number of hydrogen-bond acceptors (Lipinski definition) is 4.